The van der Waals surface area contributed by atoms with E-state index in [2.05, 4.69) is 47.0 Å². The first-order valence-corrected chi connectivity index (χ1v) is 17.7. The van der Waals surface area contributed by atoms with Crippen LogP contribution in [0.1, 0.15) is 93.5 Å². The first kappa shape index (κ1) is 36.2. The molecule has 1 aliphatic rings. The minimum Gasteiger partial charge on any atom is -0.478 e. The number of fused-ring (bicyclic) bond motifs is 3. The van der Waals surface area contributed by atoms with Gasteiger partial charge in [0.25, 0.3) is 5.91 Å². The number of rotatable bonds is 11. The second-order valence-electron chi connectivity index (χ2n) is 13.7. The number of anilines is 2. The molecule has 0 heterocycles. The highest BCUT2D eigenvalue weighted by molar-refractivity contribution is 6.16. The van der Waals surface area contributed by atoms with Crippen molar-refractivity contribution in [1.29, 1.82) is 0 Å². The highest BCUT2D eigenvalue weighted by Gasteiger charge is 2.45. The number of carbonyl (C=O) groups is 5. The summed E-state index contributed by atoms with van der Waals surface area (Å²) in [5, 5.41) is 25.7. The van der Waals surface area contributed by atoms with Gasteiger partial charge in [-0.15, -0.1) is 0 Å². The molecule has 0 aliphatic heterocycles. The average Bonchev–Trinajstić information content (AvgIpc) is 3.51. The summed E-state index contributed by atoms with van der Waals surface area (Å²) in [5.41, 5.74) is 6.39. The number of benzene rings is 6. The zero-order valence-electron chi connectivity index (χ0n) is 30.2. The Hall–Kier alpha value is -7.13. The topological polar surface area (TPSA) is 150 Å². The minimum atomic E-state index is -1.42. The summed E-state index contributed by atoms with van der Waals surface area (Å²) in [4.78, 5) is 64.1. The highest BCUT2D eigenvalue weighted by Crippen LogP contribution is 2.56. The third-order valence-electron chi connectivity index (χ3n) is 10.2. The summed E-state index contributed by atoms with van der Waals surface area (Å²) < 4.78 is 0. The fourth-order valence-electron chi connectivity index (χ4n) is 7.53. The number of aromatic carboxylic acids is 2. The molecule has 0 saturated carbocycles. The number of carbonyl (C=O) groups excluding carboxylic acids is 3. The van der Waals surface area contributed by atoms with Crippen molar-refractivity contribution < 1.29 is 34.2 Å². The van der Waals surface area contributed by atoms with E-state index in [9.17, 15) is 34.2 Å². The molecule has 0 bridgehead atoms. The van der Waals surface area contributed by atoms with Gasteiger partial charge in [-0.05, 0) is 81.9 Å². The van der Waals surface area contributed by atoms with Gasteiger partial charge in [0.1, 0.15) is 0 Å². The van der Waals surface area contributed by atoms with E-state index in [0.717, 1.165) is 45.1 Å². The average molecular weight is 729 g/mol. The van der Waals surface area contributed by atoms with E-state index < -0.39 is 46.3 Å². The van der Waals surface area contributed by atoms with E-state index in [1.807, 2.05) is 55.6 Å². The molecule has 6 aromatic rings. The Morgan fingerprint density at radius 3 is 1.51 bits per heavy atom. The van der Waals surface area contributed by atoms with Gasteiger partial charge in [0.2, 0.25) is 0 Å². The maximum atomic E-state index is 13.6. The zero-order valence-corrected chi connectivity index (χ0v) is 30.2. The van der Waals surface area contributed by atoms with Gasteiger partial charge in [-0.1, -0.05) is 98.8 Å². The number of amides is 1. The minimum absolute atomic E-state index is 0.00545. The summed E-state index contributed by atoms with van der Waals surface area (Å²) in [6.07, 6.45) is 0. The van der Waals surface area contributed by atoms with E-state index in [0.29, 0.717) is 5.69 Å². The number of hydrogen-bond donors (Lipinski definition) is 4. The SMILES string of the molecule is CNc1ccc(C2(c3ccc(NC(=O)c4ccc(C(=O)c5ccc(C(=O)O)c(C(=O)C(C)C)c5)cc4C(=O)O)cc3)c3ccccc3-c3ccccc32)cc1. The monoisotopic (exact) mass is 728 g/mol. The van der Waals surface area contributed by atoms with Gasteiger partial charge in [-0.25, -0.2) is 9.59 Å². The number of ketones is 2. The van der Waals surface area contributed by atoms with Crippen molar-refractivity contribution >= 4 is 40.8 Å². The van der Waals surface area contributed by atoms with Gasteiger partial charge in [0.05, 0.1) is 22.1 Å². The Kier molecular flexibility index (Phi) is 9.46. The standard InChI is InChI=1S/C46H36N2O7/c1-26(2)41(49)37-24-27(13-23-36(37)44(52)53)42(50)28-12-22-35(38(25-28)45(54)55)43(51)48-32-20-16-30(17-21-32)46(29-14-18-31(47-3)19-15-29)39-10-6-4-8-33(39)34-9-5-7-11-40(34)46/h4-26,47H,1-3H3,(H,48,51)(H,52,53)(H,54,55). The fourth-order valence-corrected chi connectivity index (χ4v) is 7.53. The predicted octanol–water partition coefficient (Wildman–Crippen LogP) is 8.81. The van der Waals surface area contributed by atoms with Crippen molar-refractivity contribution in [2.75, 3.05) is 17.7 Å². The van der Waals surface area contributed by atoms with Crippen molar-refractivity contribution in [3.63, 3.8) is 0 Å². The summed E-state index contributed by atoms with van der Waals surface area (Å²) in [5.74, 6) is -5.03. The molecule has 0 radical (unpaired) electrons. The number of carboxylic acid groups (broad SMARTS) is 2. The Balaban J connectivity index is 1.21. The molecule has 0 unspecified atom stereocenters. The Labute approximate surface area is 317 Å². The highest BCUT2D eigenvalue weighted by atomic mass is 16.4. The van der Waals surface area contributed by atoms with Crippen molar-refractivity contribution in [1.82, 2.24) is 0 Å². The molecule has 0 fully saturated rings. The first-order valence-electron chi connectivity index (χ1n) is 17.7. The molecule has 1 amide bonds. The maximum Gasteiger partial charge on any atom is 0.336 e. The van der Waals surface area contributed by atoms with Crippen LogP contribution < -0.4 is 10.6 Å². The van der Waals surface area contributed by atoms with E-state index in [4.69, 9.17) is 0 Å². The zero-order chi connectivity index (χ0) is 39.0. The predicted molar refractivity (Wildman–Crippen MR) is 211 cm³/mol. The first-order chi connectivity index (χ1) is 26.4. The van der Waals surface area contributed by atoms with E-state index in [1.165, 1.54) is 30.3 Å². The molecule has 0 atom stereocenters. The fraction of sp³-hybridized carbons (Fsp3) is 0.109. The van der Waals surface area contributed by atoms with E-state index >= 15 is 0 Å². The molecule has 55 heavy (non-hydrogen) atoms. The lowest BCUT2D eigenvalue weighted by molar-refractivity contribution is 0.0682. The summed E-state index contributed by atoms with van der Waals surface area (Å²) in [6, 6.07) is 39.9. The smallest absolute Gasteiger partial charge is 0.336 e. The summed E-state index contributed by atoms with van der Waals surface area (Å²) >= 11 is 0. The quantitative estimate of drug-likeness (QED) is 0.0966. The Morgan fingerprint density at radius 2 is 1.02 bits per heavy atom. The molecule has 1 aliphatic carbocycles. The summed E-state index contributed by atoms with van der Waals surface area (Å²) in [7, 11) is 1.88. The van der Waals surface area contributed by atoms with Crippen LogP contribution >= 0.6 is 0 Å². The molecule has 9 heteroatoms. The summed E-state index contributed by atoms with van der Waals surface area (Å²) in [6.45, 7) is 3.24. The number of nitrogens with one attached hydrogen (secondary N) is 2. The number of hydrogen-bond acceptors (Lipinski definition) is 6. The van der Waals surface area contributed by atoms with Gasteiger partial charge in [0.15, 0.2) is 11.6 Å². The van der Waals surface area contributed by atoms with Gasteiger partial charge >= 0.3 is 11.9 Å². The lowest BCUT2D eigenvalue weighted by atomic mass is 9.67. The van der Waals surface area contributed by atoms with Crippen LogP contribution in [-0.4, -0.2) is 46.7 Å². The third kappa shape index (κ3) is 6.25. The largest absolute Gasteiger partial charge is 0.478 e. The molecule has 0 aromatic heterocycles. The Morgan fingerprint density at radius 1 is 0.545 bits per heavy atom. The second-order valence-corrected chi connectivity index (χ2v) is 13.7. The van der Waals surface area contributed by atoms with Crippen LogP contribution in [0, 0.1) is 5.92 Å². The van der Waals surface area contributed by atoms with Gasteiger partial charge in [-0.2, -0.15) is 0 Å². The van der Waals surface area contributed by atoms with E-state index in [-0.39, 0.29) is 27.8 Å². The molecule has 7 rings (SSSR count). The van der Waals surface area contributed by atoms with Crippen LogP contribution in [0.3, 0.4) is 0 Å². The van der Waals surface area contributed by atoms with Gasteiger partial charge in [-0.3, -0.25) is 14.4 Å². The van der Waals surface area contributed by atoms with Crippen LogP contribution in [0.15, 0.2) is 133 Å². The third-order valence-corrected chi connectivity index (χ3v) is 10.2. The maximum absolute atomic E-state index is 13.6. The van der Waals surface area contributed by atoms with E-state index in [1.54, 1.807) is 26.0 Å². The van der Waals surface area contributed by atoms with Crippen molar-refractivity contribution in [3.8, 4) is 11.1 Å². The van der Waals surface area contributed by atoms with Crippen LogP contribution in [0.4, 0.5) is 11.4 Å². The van der Waals surface area contributed by atoms with Crippen molar-refractivity contribution in [3.05, 3.63) is 189 Å². The Bertz CT molecular complexity index is 2490. The molecule has 0 saturated heterocycles. The van der Waals surface area contributed by atoms with Crippen LogP contribution in [0.25, 0.3) is 11.1 Å². The lowest BCUT2D eigenvalue weighted by Crippen LogP contribution is -2.28. The molecule has 0 spiro atoms. The molecular weight excluding hydrogens is 693 g/mol. The van der Waals surface area contributed by atoms with Gasteiger partial charge in [0, 0.05) is 41.0 Å². The lowest BCUT2D eigenvalue weighted by Gasteiger charge is -2.34. The molecular formula is C46H36N2O7. The van der Waals surface area contributed by atoms with Crippen molar-refractivity contribution in [2.45, 2.75) is 19.3 Å². The van der Waals surface area contributed by atoms with Crippen molar-refractivity contribution in [2.24, 2.45) is 5.92 Å². The van der Waals surface area contributed by atoms with Crippen LogP contribution in [0.2, 0.25) is 0 Å². The second kappa shape index (κ2) is 14.4. The number of carboxylic acids is 2. The molecule has 6 aromatic carbocycles. The van der Waals surface area contributed by atoms with Crippen LogP contribution in [0.5, 0.6) is 0 Å². The molecule has 9 nitrogen and oxygen atoms in total. The molecule has 4 N–H and O–H groups in total. The normalized spacial score (nSPS) is 12.4. The van der Waals surface area contributed by atoms with Crippen LogP contribution in [-0.2, 0) is 5.41 Å². The molecule has 272 valence electrons. The van der Waals surface area contributed by atoms with Gasteiger partial charge < -0.3 is 20.8 Å². The number of Topliss-reactive ketones (excluding diaryl/α,β-unsaturated/α-hetero) is 1.